The van der Waals surface area contributed by atoms with Crippen LogP contribution < -0.4 is 10.5 Å². The van der Waals surface area contributed by atoms with E-state index in [0.717, 1.165) is 30.6 Å². The fourth-order valence-corrected chi connectivity index (χ4v) is 2.06. The lowest BCUT2D eigenvalue weighted by Crippen LogP contribution is -2.10. The summed E-state index contributed by atoms with van der Waals surface area (Å²) in [5.41, 5.74) is 7.99. The van der Waals surface area contributed by atoms with E-state index in [-0.39, 0.29) is 11.5 Å². The number of unbranched alkanes of at least 4 members (excludes halogenated alkanes) is 1. The molecule has 0 heterocycles. The van der Waals surface area contributed by atoms with Gasteiger partial charge in [-0.1, -0.05) is 17.7 Å². The van der Waals surface area contributed by atoms with E-state index in [0.29, 0.717) is 6.61 Å². The number of nitrogens with zero attached hydrogens (tertiary/aromatic N) is 1. The Kier molecular flexibility index (Phi) is 6.04. The van der Waals surface area contributed by atoms with Crippen molar-refractivity contribution in [1.82, 2.24) is 0 Å². The van der Waals surface area contributed by atoms with Crippen molar-refractivity contribution in [1.29, 1.82) is 5.26 Å². The molecule has 20 heavy (non-hydrogen) atoms. The minimum Gasteiger partial charge on any atom is -0.493 e. The number of nitriles is 1. The Morgan fingerprint density at radius 3 is 2.65 bits per heavy atom. The Balaban J connectivity index is 2.45. The second-order valence-corrected chi connectivity index (χ2v) is 6.13. The molecule has 0 aliphatic carbocycles. The van der Waals surface area contributed by atoms with Gasteiger partial charge in [0.25, 0.3) is 0 Å². The fraction of sp³-hybridized carbons (Fsp3) is 0.588. The van der Waals surface area contributed by atoms with Gasteiger partial charge in [-0.3, -0.25) is 0 Å². The molecule has 3 heteroatoms. The summed E-state index contributed by atoms with van der Waals surface area (Å²) in [4.78, 5) is 0. The number of benzene rings is 1. The third kappa shape index (κ3) is 5.22. The number of rotatable bonds is 7. The van der Waals surface area contributed by atoms with Crippen LogP contribution in [0.1, 0.15) is 57.2 Å². The number of ether oxygens (including phenoxy) is 1. The monoisotopic (exact) mass is 274 g/mol. The van der Waals surface area contributed by atoms with Gasteiger partial charge in [-0.2, -0.15) is 5.26 Å². The zero-order valence-corrected chi connectivity index (χ0v) is 13.1. The zero-order valence-electron chi connectivity index (χ0n) is 13.1. The molecule has 1 aromatic rings. The maximum absolute atomic E-state index is 8.96. The van der Waals surface area contributed by atoms with Crippen LogP contribution in [0.15, 0.2) is 18.2 Å². The molecule has 0 fully saturated rings. The summed E-state index contributed by atoms with van der Waals surface area (Å²) < 4.78 is 5.84. The van der Waals surface area contributed by atoms with Gasteiger partial charge < -0.3 is 10.5 Å². The van der Waals surface area contributed by atoms with E-state index >= 15 is 0 Å². The standard InChI is InChI=1S/C17H26N2O/c1-13-7-8-16(15(11-13)14(2)19)20-10-6-5-9-17(3,4)12-18/h7-8,11,14H,5-6,9-10,19H2,1-4H3. The molecule has 1 rings (SSSR count). The summed E-state index contributed by atoms with van der Waals surface area (Å²) in [6.07, 6.45) is 2.86. The van der Waals surface area contributed by atoms with Crippen LogP contribution in [0.3, 0.4) is 0 Å². The lowest BCUT2D eigenvalue weighted by atomic mass is 9.89. The third-order valence-electron chi connectivity index (χ3n) is 3.41. The SMILES string of the molecule is Cc1ccc(OCCCCC(C)(C)C#N)c(C(C)N)c1. The number of hydrogen-bond acceptors (Lipinski definition) is 3. The van der Waals surface area contributed by atoms with Crippen molar-refractivity contribution < 1.29 is 4.74 Å². The Morgan fingerprint density at radius 1 is 1.35 bits per heavy atom. The molecule has 0 aliphatic heterocycles. The smallest absolute Gasteiger partial charge is 0.124 e. The van der Waals surface area contributed by atoms with Gasteiger partial charge in [-0.05, 0) is 53.0 Å². The van der Waals surface area contributed by atoms with Crippen molar-refractivity contribution in [3.63, 3.8) is 0 Å². The first-order chi connectivity index (χ1) is 9.35. The highest BCUT2D eigenvalue weighted by atomic mass is 16.5. The number of nitrogens with two attached hydrogens (primary N) is 1. The third-order valence-corrected chi connectivity index (χ3v) is 3.41. The molecule has 0 amide bonds. The highest BCUT2D eigenvalue weighted by molar-refractivity contribution is 5.38. The van der Waals surface area contributed by atoms with E-state index in [1.165, 1.54) is 5.56 Å². The van der Waals surface area contributed by atoms with Crippen molar-refractivity contribution in [3.8, 4) is 11.8 Å². The molecule has 1 aromatic carbocycles. The molecule has 2 N–H and O–H groups in total. The van der Waals surface area contributed by atoms with E-state index in [1.807, 2.05) is 32.9 Å². The van der Waals surface area contributed by atoms with Crippen LogP contribution in [0, 0.1) is 23.7 Å². The van der Waals surface area contributed by atoms with Crippen LogP contribution in [0.2, 0.25) is 0 Å². The maximum atomic E-state index is 8.96. The van der Waals surface area contributed by atoms with Crippen LogP contribution >= 0.6 is 0 Å². The molecule has 0 saturated carbocycles. The second-order valence-electron chi connectivity index (χ2n) is 6.13. The van der Waals surface area contributed by atoms with Gasteiger partial charge in [0.05, 0.1) is 18.1 Å². The molecule has 1 unspecified atom stereocenters. The van der Waals surface area contributed by atoms with Gasteiger partial charge in [0, 0.05) is 11.6 Å². The first-order valence-electron chi connectivity index (χ1n) is 7.26. The molecule has 0 bridgehead atoms. The molecule has 110 valence electrons. The summed E-state index contributed by atoms with van der Waals surface area (Å²) in [5.74, 6) is 0.880. The molecular weight excluding hydrogens is 248 g/mol. The van der Waals surface area contributed by atoms with Crippen molar-refractivity contribution in [2.24, 2.45) is 11.1 Å². The largest absolute Gasteiger partial charge is 0.493 e. The van der Waals surface area contributed by atoms with E-state index in [9.17, 15) is 0 Å². The predicted octanol–water partition coefficient (Wildman–Crippen LogP) is 4.11. The summed E-state index contributed by atoms with van der Waals surface area (Å²) in [7, 11) is 0. The van der Waals surface area contributed by atoms with Crippen LogP contribution in [0.5, 0.6) is 5.75 Å². The van der Waals surface area contributed by atoms with E-state index in [1.54, 1.807) is 0 Å². The summed E-state index contributed by atoms with van der Waals surface area (Å²) in [6.45, 7) is 8.64. The van der Waals surface area contributed by atoms with Crippen molar-refractivity contribution in [2.75, 3.05) is 6.61 Å². The maximum Gasteiger partial charge on any atom is 0.124 e. The average molecular weight is 274 g/mol. The van der Waals surface area contributed by atoms with Crippen LogP contribution in [-0.4, -0.2) is 6.61 Å². The van der Waals surface area contributed by atoms with Crippen molar-refractivity contribution in [3.05, 3.63) is 29.3 Å². The topological polar surface area (TPSA) is 59.0 Å². The average Bonchev–Trinajstić information content (AvgIpc) is 2.39. The van der Waals surface area contributed by atoms with Gasteiger partial charge >= 0.3 is 0 Å². The van der Waals surface area contributed by atoms with E-state index < -0.39 is 0 Å². The molecule has 0 aliphatic rings. The molecule has 3 nitrogen and oxygen atoms in total. The summed E-state index contributed by atoms with van der Waals surface area (Å²) in [5, 5.41) is 8.96. The molecule has 0 radical (unpaired) electrons. The van der Waals surface area contributed by atoms with E-state index in [2.05, 4.69) is 19.1 Å². The predicted molar refractivity (Wildman–Crippen MR) is 82.5 cm³/mol. The summed E-state index contributed by atoms with van der Waals surface area (Å²) >= 11 is 0. The quantitative estimate of drug-likeness (QED) is 0.761. The fourth-order valence-electron chi connectivity index (χ4n) is 2.06. The molecule has 1 atom stereocenters. The van der Waals surface area contributed by atoms with Crippen LogP contribution in [-0.2, 0) is 0 Å². The normalized spacial score (nSPS) is 12.8. The van der Waals surface area contributed by atoms with Gasteiger partial charge in [0.15, 0.2) is 0 Å². The minimum atomic E-state index is -0.235. The Morgan fingerprint density at radius 2 is 2.05 bits per heavy atom. The Bertz CT molecular complexity index is 472. The van der Waals surface area contributed by atoms with Gasteiger partial charge in [0.1, 0.15) is 5.75 Å². The first-order valence-corrected chi connectivity index (χ1v) is 7.26. The summed E-state index contributed by atoms with van der Waals surface area (Å²) in [6, 6.07) is 8.41. The van der Waals surface area contributed by atoms with Gasteiger partial charge in [-0.15, -0.1) is 0 Å². The lowest BCUT2D eigenvalue weighted by molar-refractivity contribution is 0.291. The number of aryl methyl sites for hydroxylation is 1. The van der Waals surface area contributed by atoms with Gasteiger partial charge in [-0.25, -0.2) is 0 Å². The lowest BCUT2D eigenvalue weighted by Gasteiger charge is -2.16. The van der Waals surface area contributed by atoms with Crippen molar-refractivity contribution in [2.45, 2.75) is 53.0 Å². The Labute approximate surface area is 122 Å². The Hall–Kier alpha value is -1.53. The van der Waals surface area contributed by atoms with Crippen molar-refractivity contribution >= 4 is 0 Å². The molecule has 0 aromatic heterocycles. The van der Waals surface area contributed by atoms with Gasteiger partial charge in [0.2, 0.25) is 0 Å². The highest BCUT2D eigenvalue weighted by Crippen LogP contribution is 2.26. The van der Waals surface area contributed by atoms with E-state index in [4.69, 9.17) is 15.7 Å². The zero-order chi connectivity index (χ0) is 15.2. The molecule has 0 spiro atoms. The van der Waals surface area contributed by atoms with Crippen LogP contribution in [0.25, 0.3) is 0 Å². The van der Waals surface area contributed by atoms with Crippen LogP contribution in [0.4, 0.5) is 0 Å². The first kappa shape index (κ1) is 16.5. The molecule has 0 saturated heterocycles. The highest BCUT2D eigenvalue weighted by Gasteiger charge is 2.15. The minimum absolute atomic E-state index is 0.0255. The molecular formula is C17H26N2O. The second kappa shape index (κ2) is 7.31. The number of hydrogen-bond donors (Lipinski definition) is 1.